The SMILES string of the molecule is CC(C)N1C[C@@H](NC(=O)c2cnccn2)[C@@H]2OCCC[C@@H]21. The second-order valence-electron chi connectivity index (χ2n) is 6.01. The second kappa shape index (κ2) is 6.07. The van der Waals surface area contributed by atoms with E-state index in [2.05, 4.69) is 34.0 Å². The van der Waals surface area contributed by atoms with Gasteiger partial charge in [-0.05, 0) is 26.7 Å². The van der Waals surface area contributed by atoms with Crippen molar-refractivity contribution in [1.82, 2.24) is 20.2 Å². The van der Waals surface area contributed by atoms with Crippen molar-refractivity contribution in [2.75, 3.05) is 13.2 Å². The van der Waals surface area contributed by atoms with Gasteiger partial charge in [-0.25, -0.2) is 4.98 Å². The van der Waals surface area contributed by atoms with Crippen molar-refractivity contribution < 1.29 is 9.53 Å². The van der Waals surface area contributed by atoms with Crippen molar-refractivity contribution in [2.24, 2.45) is 0 Å². The summed E-state index contributed by atoms with van der Waals surface area (Å²) in [7, 11) is 0. The number of aromatic nitrogens is 2. The topological polar surface area (TPSA) is 67.4 Å². The number of fused-ring (bicyclic) bond motifs is 1. The zero-order valence-corrected chi connectivity index (χ0v) is 12.5. The van der Waals surface area contributed by atoms with Crippen LogP contribution in [0, 0.1) is 0 Å². The summed E-state index contributed by atoms with van der Waals surface area (Å²) in [5.74, 6) is -0.174. The van der Waals surface area contributed by atoms with E-state index < -0.39 is 0 Å². The lowest BCUT2D eigenvalue weighted by molar-refractivity contribution is -0.0243. The van der Waals surface area contributed by atoms with Gasteiger partial charge in [-0.15, -0.1) is 0 Å². The molecule has 114 valence electrons. The summed E-state index contributed by atoms with van der Waals surface area (Å²) in [5.41, 5.74) is 0.354. The Kier molecular flexibility index (Phi) is 4.17. The molecule has 1 amide bonds. The van der Waals surface area contributed by atoms with Crippen molar-refractivity contribution in [2.45, 2.75) is 50.9 Å². The molecule has 2 fully saturated rings. The van der Waals surface area contributed by atoms with Gasteiger partial charge in [0.1, 0.15) is 5.69 Å². The Morgan fingerprint density at radius 2 is 2.33 bits per heavy atom. The maximum Gasteiger partial charge on any atom is 0.271 e. The summed E-state index contributed by atoms with van der Waals surface area (Å²) in [5, 5.41) is 3.07. The molecule has 0 radical (unpaired) electrons. The first-order valence-electron chi connectivity index (χ1n) is 7.61. The fraction of sp³-hybridized carbons (Fsp3) is 0.667. The zero-order chi connectivity index (χ0) is 14.8. The third-order valence-corrected chi connectivity index (χ3v) is 4.34. The largest absolute Gasteiger partial charge is 0.374 e. The lowest BCUT2D eigenvalue weighted by Crippen LogP contribution is -2.48. The molecule has 2 aliphatic heterocycles. The van der Waals surface area contributed by atoms with Crippen LogP contribution in [0.25, 0.3) is 0 Å². The number of hydrogen-bond acceptors (Lipinski definition) is 5. The molecule has 3 heterocycles. The summed E-state index contributed by atoms with van der Waals surface area (Å²) in [6.45, 7) is 6.00. The fourth-order valence-electron chi connectivity index (χ4n) is 3.37. The third kappa shape index (κ3) is 2.91. The Hall–Kier alpha value is -1.53. The van der Waals surface area contributed by atoms with Gasteiger partial charge in [0.25, 0.3) is 5.91 Å². The van der Waals surface area contributed by atoms with Gasteiger partial charge in [-0.2, -0.15) is 0 Å². The number of carbonyl (C=O) groups is 1. The van der Waals surface area contributed by atoms with Crippen molar-refractivity contribution >= 4 is 5.91 Å². The van der Waals surface area contributed by atoms with Gasteiger partial charge in [0.15, 0.2) is 0 Å². The average molecular weight is 290 g/mol. The van der Waals surface area contributed by atoms with Crippen LogP contribution in [0.5, 0.6) is 0 Å². The molecule has 21 heavy (non-hydrogen) atoms. The number of rotatable bonds is 3. The van der Waals surface area contributed by atoms with Crippen molar-refractivity contribution in [3.05, 3.63) is 24.3 Å². The van der Waals surface area contributed by atoms with E-state index in [-0.39, 0.29) is 18.1 Å². The van der Waals surface area contributed by atoms with E-state index in [0.717, 1.165) is 26.0 Å². The highest BCUT2D eigenvalue weighted by Gasteiger charge is 2.45. The van der Waals surface area contributed by atoms with E-state index in [0.29, 0.717) is 17.8 Å². The maximum atomic E-state index is 12.3. The second-order valence-corrected chi connectivity index (χ2v) is 6.01. The van der Waals surface area contributed by atoms with Gasteiger partial charge in [0.05, 0.1) is 18.3 Å². The van der Waals surface area contributed by atoms with Gasteiger partial charge in [0, 0.05) is 37.6 Å². The Morgan fingerprint density at radius 1 is 1.48 bits per heavy atom. The molecule has 1 aromatic heterocycles. The molecule has 0 unspecified atom stereocenters. The van der Waals surface area contributed by atoms with Crippen LogP contribution >= 0.6 is 0 Å². The molecule has 3 atom stereocenters. The maximum absolute atomic E-state index is 12.3. The first kappa shape index (κ1) is 14.4. The monoisotopic (exact) mass is 290 g/mol. The van der Waals surface area contributed by atoms with Crippen LogP contribution in [0.3, 0.4) is 0 Å². The van der Waals surface area contributed by atoms with E-state index in [9.17, 15) is 4.79 Å². The van der Waals surface area contributed by atoms with Crippen LogP contribution in [0.1, 0.15) is 37.2 Å². The highest BCUT2D eigenvalue weighted by atomic mass is 16.5. The lowest BCUT2D eigenvalue weighted by atomic mass is 10.0. The molecule has 3 rings (SSSR count). The first-order valence-corrected chi connectivity index (χ1v) is 7.61. The molecule has 0 aromatic carbocycles. The number of likely N-dealkylation sites (tertiary alicyclic amines) is 1. The van der Waals surface area contributed by atoms with Crippen LogP contribution in [0.15, 0.2) is 18.6 Å². The Balaban J connectivity index is 1.71. The molecule has 1 N–H and O–H groups in total. The smallest absolute Gasteiger partial charge is 0.271 e. The minimum Gasteiger partial charge on any atom is -0.374 e. The number of nitrogens with one attached hydrogen (secondary N) is 1. The van der Waals surface area contributed by atoms with Gasteiger partial charge >= 0.3 is 0 Å². The Morgan fingerprint density at radius 3 is 3.05 bits per heavy atom. The Labute approximate surface area is 124 Å². The van der Waals surface area contributed by atoms with Crippen LogP contribution < -0.4 is 5.32 Å². The van der Waals surface area contributed by atoms with E-state index in [4.69, 9.17) is 4.74 Å². The average Bonchev–Trinajstić information content (AvgIpc) is 2.87. The Bertz CT molecular complexity index is 494. The molecular formula is C15H22N4O2. The third-order valence-electron chi connectivity index (χ3n) is 4.34. The molecule has 0 saturated carbocycles. The van der Waals surface area contributed by atoms with Gasteiger partial charge in [0.2, 0.25) is 0 Å². The van der Waals surface area contributed by atoms with E-state index in [1.807, 2.05) is 0 Å². The van der Waals surface area contributed by atoms with Crippen molar-refractivity contribution in [3.8, 4) is 0 Å². The summed E-state index contributed by atoms with van der Waals surface area (Å²) in [4.78, 5) is 22.7. The molecule has 0 spiro atoms. The molecule has 2 aliphatic rings. The number of ether oxygens (including phenoxy) is 1. The fourth-order valence-corrected chi connectivity index (χ4v) is 3.37. The summed E-state index contributed by atoms with van der Waals surface area (Å²) in [6.07, 6.45) is 6.90. The minimum atomic E-state index is -0.174. The molecule has 0 aliphatic carbocycles. The molecule has 6 nitrogen and oxygen atoms in total. The number of hydrogen-bond donors (Lipinski definition) is 1. The van der Waals surface area contributed by atoms with E-state index in [1.54, 1.807) is 6.20 Å². The molecule has 2 saturated heterocycles. The van der Waals surface area contributed by atoms with Crippen LogP contribution in [-0.4, -0.2) is 58.2 Å². The molecule has 0 bridgehead atoms. The zero-order valence-electron chi connectivity index (χ0n) is 12.5. The minimum absolute atomic E-state index is 0.0206. The highest BCUT2D eigenvalue weighted by Crippen LogP contribution is 2.30. The quantitative estimate of drug-likeness (QED) is 0.894. The van der Waals surface area contributed by atoms with Crippen molar-refractivity contribution in [1.29, 1.82) is 0 Å². The molecule has 1 aromatic rings. The molecule has 6 heteroatoms. The number of carbonyl (C=O) groups excluding carboxylic acids is 1. The van der Waals surface area contributed by atoms with Crippen LogP contribution in [-0.2, 0) is 4.74 Å². The van der Waals surface area contributed by atoms with Gasteiger partial charge in [-0.3, -0.25) is 14.7 Å². The highest BCUT2D eigenvalue weighted by molar-refractivity contribution is 5.92. The summed E-state index contributed by atoms with van der Waals surface area (Å²) in [6, 6.07) is 0.885. The summed E-state index contributed by atoms with van der Waals surface area (Å²) < 4.78 is 5.94. The standard InChI is InChI=1S/C15H22N4O2/c1-10(2)19-9-12(14-13(19)4-3-7-21-14)18-15(20)11-8-16-5-6-17-11/h5-6,8,10,12-14H,3-4,7,9H2,1-2H3,(H,18,20)/t12-,13+,14+/m1/s1. The normalized spacial score (nSPS) is 29.4. The van der Waals surface area contributed by atoms with Crippen LogP contribution in [0.2, 0.25) is 0 Å². The van der Waals surface area contributed by atoms with Crippen molar-refractivity contribution in [3.63, 3.8) is 0 Å². The lowest BCUT2D eigenvalue weighted by Gasteiger charge is -2.34. The predicted octanol–water partition coefficient (Wildman–Crippen LogP) is 0.847. The van der Waals surface area contributed by atoms with Gasteiger partial charge in [-0.1, -0.05) is 0 Å². The number of nitrogens with zero attached hydrogens (tertiary/aromatic N) is 3. The van der Waals surface area contributed by atoms with E-state index >= 15 is 0 Å². The van der Waals surface area contributed by atoms with Gasteiger partial charge < -0.3 is 10.1 Å². The summed E-state index contributed by atoms with van der Waals surface area (Å²) >= 11 is 0. The predicted molar refractivity (Wildman–Crippen MR) is 77.9 cm³/mol. The van der Waals surface area contributed by atoms with E-state index in [1.165, 1.54) is 12.4 Å². The number of amides is 1. The van der Waals surface area contributed by atoms with Crippen LogP contribution in [0.4, 0.5) is 0 Å². The molecular weight excluding hydrogens is 268 g/mol. The first-order chi connectivity index (χ1) is 10.2.